The molecule has 2 fully saturated rings. The lowest BCUT2D eigenvalue weighted by molar-refractivity contribution is -0.0588. The number of para-hydroxylation sites is 1. The van der Waals surface area contributed by atoms with Crippen molar-refractivity contribution in [2.45, 2.75) is 56.7 Å². The smallest absolute Gasteiger partial charge is 0.146 e. The van der Waals surface area contributed by atoms with Crippen LogP contribution >= 0.6 is 0 Å². The molecule has 104 valence electrons. The minimum atomic E-state index is -0.187. The Bertz CT molecular complexity index is 429. The number of nitrogens with one attached hydrogen (secondary N) is 1. The molecule has 0 amide bonds. The van der Waals surface area contributed by atoms with E-state index in [1.807, 2.05) is 6.07 Å². The van der Waals surface area contributed by atoms with Crippen LogP contribution in [0.25, 0.3) is 0 Å². The van der Waals surface area contributed by atoms with Crippen LogP contribution < -0.4 is 5.32 Å². The Morgan fingerprint density at radius 1 is 1.16 bits per heavy atom. The Hall–Kier alpha value is -1.09. The van der Waals surface area contributed by atoms with Gasteiger partial charge in [0.05, 0.1) is 17.4 Å². The summed E-state index contributed by atoms with van der Waals surface area (Å²) in [4.78, 5) is 0. The van der Waals surface area contributed by atoms with Gasteiger partial charge in [0.15, 0.2) is 0 Å². The van der Waals surface area contributed by atoms with Crippen LogP contribution in [0, 0.1) is 5.82 Å². The van der Waals surface area contributed by atoms with Gasteiger partial charge in [-0.3, -0.25) is 0 Å². The second-order valence-corrected chi connectivity index (χ2v) is 5.88. The number of benzene rings is 1. The molecule has 1 aliphatic carbocycles. The van der Waals surface area contributed by atoms with Gasteiger partial charge in [-0.25, -0.2) is 4.39 Å². The summed E-state index contributed by atoms with van der Waals surface area (Å²) in [5.41, 5.74) is 0.732. The van der Waals surface area contributed by atoms with Gasteiger partial charge in [-0.1, -0.05) is 31.4 Å². The van der Waals surface area contributed by atoms with E-state index in [9.17, 15) is 4.39 Å². The predicted molar refractivity (Wildman–Crippen MR) is 74.8 cm³/mol. The Balaban J connectivity index is 1.53. The van der Waals surface area contributed by atoms with E-state index < -0.39 is 0 Å². The molecule has 1 unspecified atom stereocenters. The van der Waals surface area contributed by atoms with E-state index in [2.05, 4.69) is 5.32 Å². The second-order valence-electron chi connectivity index (χ2n) is 5.88. The molecule has 1 saturated heterocycles. The third-order valence-corrected chi connectivity index (χ3v) is 4.50. The summed E-state index contributed by atoms with van der Waals surface area (Å²) in [7, 11) is 0. The van der Waals surface area contributed by atoms with Crippen molar-refractivity contribution < 1.29 is 9.13 Å². The molecule has 1 saturated carbocycles. The molecule has 3 heteroatoms. The monoisotopic (exact) mass is 263 g/mol. The highest BCUT2D eigenvalue weighted by Crippen LogP contribution is 2.41. The molecule has 0 aromatic heterocycles. The van der Waals surface area contributed by atoms with Crippen molar-refractivity contribution in [3.8, 4) is 0 Å². The van der Waals surface area contributed by atoms with Gasteiger partial charge in [-0.05, 0) is 37.8 Å². The fourth-order valence-electron chi connectivity index (χ4n) is 3.43. The van der Waals surface area contributed by atoms with E-state index in [0.29, 0.717) is 12.2 Å². The Morgan fingerprint density at radius 3 is 2.74 bits per heavy atom. The number of halogens is 1. The van der Waals surface area contributed by atoms with Gasteiger partial charge >= 0.3 is 0 Å². The number of ether oxygens (including phenoxy) is 1. The van der Waals surface area contributed by atoms with Gasteiger partial charge in [-0.15, -0.1) is 0 Å². The molecule has 0 radical (unpaired) electrons. The van der Waals surface area contributed by atoms with Crippen LogP contribution in [0.5, 0.6) is 0 Å². The third-order valence-electron chi connectivity index (χ3n) is 4.50. The Kier molecular flexibility index (Phi) is 3.74. The lowest BCUT2D eigenvalue weighted by Gasteiger charge is -2.33. The van der Waals surface area contributed by atoms with Crippen LogP contribution in [0.15, 0.2) is 24.3 Å². The van der Waals surface area contributed by atoms with Gasteiger partial charge < -0.3 is 10.1 Å². The highest BCUT2D eigenvalue weighted by atomic mass is 19.1. The van der Waals surface area contributed by atoms with Crippen molar-refractivity contribution >= 4 is 5.69 Å². The molecule has 1 heterocycles. The predicted octanol–water partition coefficient (Wildman–Crippen LogP) is 4.12. The molecule has 1 spiro atoms. The minimum absolute atomic E-state index is 0.153. The average Bonchev–Trinajstić information content (AvgIpc) is 2.82. The average molecular weight is 263 g/mol. The third kappa shape index (κ3) is 2.92. The first-order valence-electron chi connectivity index (χ1n) is 7.44. The molecule has 0 bridgehead atoms. The molecule has 1 N–H and O–H groups in total. The maximum atomic E-state index is 13.5. The number of rotatable bonds is 3. The Labute approximate surface area is 114 Å². The number of anilines is 1. The lowest BCUT2D eigenvalue weighted by Crippen LogP contribution is -2.33. The second kappa shape index (κ2) is 5.49. The van der Waals surface area contributed by atoms with Crippen molar-refractivity contribution in [3.05, 3.63) is 30.1 Å². The van der Waals surface area contributed by atoms with Crippen molar-refractivity contribution in [1.82, 2.24) is 0 Å². The minimum Gasteiger partial charge on any atom is -0.380 e. The first kappa shape index (κ1) is 12.9. The summed E-state index contributed by atoms with van der Waals surface area (Å²) >= 11 is 0. The summed E-state index contributed by atoms with van der Waals surface area (Å²) in [5, 5.41) is 3.18. The molecule has 2 nitrogen and oxygen atoms in total. The molecule has 1 atom stereocenters. The van der Waals surface area contributed by atoms with Crippen molar-refractivity contribution in [2.24, 2.45) is 0 Å². The van der Waals surface area contributed by atoms with Crippen molar-refractivity contribution in [1.29, 1.82) is 0 Å². The molecular weight excluding hydrogens is 241 g/mol. The molecular formula is C16H22FNO. The SMILES string of the molecule is Fc1ccccc1NCC1CCC2(CCCCC2)O1. The zero-order chi connectivity index (χ0) is 13.1. The van der Waals surface area contributed by atoms with Crippen molar-refractivity contribution in [3.63, 3.8) is 0 Å². The lowest BCUT2D eigenvalue weighted by atomic mass is 9.83. The summed E-state index contributed by atoms with van der Waals surface area (Å²) in [6.07, 6.45) is 8.88. The van der Waals surface area contributed by atoms with Crippen molar-refractivity contribution in [2.75, 3.05) is 11.9 Å². The van der Waals surface area contributed by atoms with E-state index in [-0.39, 0.29) is 17.5 Å². The highest BCUT2D eigenvalue weighted by Gasteiger charge is 2.40. The maximum Gasteiger partial charge on any atom is 0.146 e. The molecule has 1 aromatic rings. The zero-order valence-electron chi connectivity index (χ0n) is 11.3. The van der Waals surface area contributed by atoms with Gasteiger partial charge in [0.2, 0.25) is 0 Å². The summed E-state index contributed by atoms with van der Waals surface area (Å²) in [5.74, 6) is -0.187. The van der Waals surface area contributed by atoms with Gasteiger partial charge in [0.1, 0.15) is 5.82 Å². The fourth-order valence-corrected chi connectivity index (χ4v) is 3.43. The molecule has 2 aliphatic rings. The van der Waals surface area contributed by atoms with E-state index in [1.165, 1.54) is 44.6 Å². The fraction of sp³-hybridized carbons (Fsp3) is 0.625. The molecule has 1 aromatic carbocycles. The summed E-state index contributed by atoms with van der Waals surface area (Å²) in [6, 6.07) is 6.83. The largest absolute Gasteiger partial charge is 0.380 e. The Morgan fingerprint density at radius 2 is 1.95 bits per heavy atom. The maximum absolute atomic E-state index is 13.5. The molecule has 3 rings (SSSR count). The van der Waals surface area contributed by atoms with E-state index in [0.717, 1.165) is 6.42 Å². The van der Waals surface area contributed by atoms with E-state index >= 15 is 0 Å². The van der Waals surface area contributed by atoms with Crippen LogP contribution in [0.1, 0.15) is 44.9 Å². The number of hydrogen-bond donors (Lipinski definition) is 1. The summed E-state index contributed by atoms with van der Waals surface area (Å²) in [6.45, 7) is 0.711. The van der Waals surface area contributed by atoms with Crippen LogP contribution in [0.2, 0.25) is 0 Å². The molecule has 1 aliphatic heterocycles. The van der Waals surface area contributed by atoms with Crippen LogP contribution in [0.4, 0.5) is 10.1 Å². The quantitative estimate of drug-likeness (QED) is 0.885. The molecule has 19 heavy (non-hydrogen) atoms. The normalized spacial score (nSPS) is 25.6. The van der Waals surface area contributed by atoms with E-state index in [4.69, 9.17) is 4.74 Å². The topological polar surface area (TPSA) is 21.3 Å². The van der Waals surface area contributed by atoms with Gasteiger partial charge in [0, 0.05) is 6.54 Å². The van der Waals surface area contributed by atoms with Gasteiger partial charge in [-0.2, -0.15) is 0 Å². The van der Waals surface area contributed by atoms with E-state index in [1.54, 1.807) is 12.1 Å². The first-order valence-corrected chi connectivity index (χ1v) is 7.44. The highest BCUT2D eigenvalue weighted by molar-refractivity contribution is 5.44. The summed E-state index contributed by atoms with van der Waals surface area (Å²) < 4.78 is 19.8. The van der Waals surface area contributed by atoms with Crippen LogP contribution in [0.3, 0.4) is 0 Å². The van der Waals surface area contributed by atoms with Gasteiger partial charge in [0.25, 0.3) is 0 Å². The number of hydrogen-bond acceptors (Lipinski definition) is 2. The van der Waals surface area contributed by atoms with Crippen LogP contribution in [-0.4, -0.2) is 18.2 Å². The standard InChI is InChI=1S/C16H22FNO/c17-14-6-2-3-7-15(14)18-12-13-8-11-16(19-13)9-4-1-5-10-16/h2-3,6-7,13,18H,1,4-5,8-12H2. The van der Waals surface area contributed by atoms with Crippen LogP contribution in [-0.2, 0) is 4.74 Å². The zero-order valence-corrected chi connectivity index (χ0v) is 11.3. The first-order chi connectivity index (χ1) is 9.27.